The van der Waals surface area contributed by atoms with Crippen LogP contribution in [0, 0.1) is 5.82 Å². The Balaban J connectivity index is 1.95. The van der Waals surface area contributed by atoms with E-state index < -0.39 is 30.3 Å². The van der Waals surface area contributed by atoms with Crippen LogP contribution in [0.25, 0.3) is 0 Å². The summed E-state index contributed by atoms with van der Waals surface area (Å²) < 4.78 is 38.3. The molecule has 0 aliphatic rings. The van der Waals surface area contributed by atoms with Gasteiger partial charge in [-0.1, -0.05) is 41.0 Å². The van der Waals surface area contributed by atoms with Crippen LogP contribution in [0.3, 0.4) is 0 Å². The molecule has 11 heteroatoms. The second kappa shape index (κ2) is 10.3. The summed E-state index contributed by atoms with van der Waals surface area (Å²) in [5.74, 6) is -2.38. The van der Waals surface area contributed by atoms with Crippen LogP contribution in [-0.4, -0.2) is 35.5 Å². The number of carbonyl (C=O) groups excluding carboxylic acids is 1. The van der Waals surface area contributed by atoms with Gasteiger partial charge in [0.25, 0.3) is 24.5 Å². The highest BCUT2D eigenvalue weighted by Gasteiger charge is 2.22. The highest BCUT2D eigenvalue weighted by atomic mass is 35.5. The summed E-state index contributed by atoms with van der Waals surface area (Å²) in [6, 6.07) is 12.5. The first kappa shape index (κ1) is 21.9. The van der Waals surface area contributed by atoms with E-state index in [1.807, 2.05) is 0 Å². The maximum absolute atomic E-state index is 14.9. The molecule has 0 radical (unpaired) electrons. The number of nitrogens with zero attached hydrogens (tertiary/aromatic N) is 3. The molecule has 3 rings (SSSR count). The summed E-state index contributed by atoms with van der Waals surface area (Å²) >= 11 is 6.03. The Labute approximate surface area is 180 Å². The summed E-state index contributed by atoms with van der Waals surface area (Å²) in [5, 5.41) is 6.09. The van der Waals surface area contributed by atoms with Gasteiger partial charge >= 0.3 is 0 Å². The normalized spacial score (nSPS) is 11.0. The molecule has 1 N–H and O–H groups in total. The SMILES string of the molecule is CNC(=O)/C(=N\OCF)c1ccccc1Oc1ncnc(Oc2ccccc2Cl)c1F. The number of likely N-dealkylation sites (N-methyl/N-ethyl adjacent to an activating group) is 1. The van der Waals surface area contributed by atoms with E-state index >= 15 is 0 Å². The lowest BCUT2D eigenvalue weighted by atomic mass is 10.1. The molecule has 1 aromatic heterocycles. The number of nitrogens with one attached hydrogen (secondary N) is 1. The molecule has 0 atom stereocenters. The topological polar surface area (TPSA) is 94.9 Å². The van der Waals surface area contributed by atoms with Gasteiger partial charge in [0.15, 0.2) is 5.71 Å². The van der Waals surface area contributed by atoms with Crippen molar-refractivity contribution >= 4 is 23.2 Å². The van der Waals surface area contributed by atoms with Gasteiger partial charge in [0.1, 0.15) is 17.8 Å². The zero-order valence-electron chi connectivity index (χ0n) is 16.0. The van der Waals surface area contributed by atoms with E-state index in [-0.39, 0.29) is 27.8 Å². The van der Waals surface area contributed by atoms with Gasteiger partial charge < -0.3 is 19.6 Å². The zero-order valence-corrected chi connectivity index (χ0v) is 16.8. The number of alkyl halides is 1. The highest BCUT2D eigenvalue weighted by molar-refractivity contribution is 6.45. The molecule has 0 fully saturated rings. The van der Waals surface area contributed by atoms with E-state index in [1.165, 1.54) is 25.2 Å². The van der Waals surface area contributed by atoms with Gasteiger partial charge in [0.05, 0.1) is 10.6 Å². The molecule has 1 amide bonds. The number of ether oxygens (including phenoxy) is 2. The maximum Gasteiger partial charge on any atom is 0.273 e. The quantitative estimate of drug-likeness (QED) is 0.409. The van der Waals surface area contributed by atoms with Crippen molar-refractivity contribution in [2.24, 2.45) is 5.16 Å². The van der Waals surface area contributed by atoms with E-state index in [0.717, 1.165) is 6.33 Å². The van der Waals surface area contributed by atoms with Crippen LogP contribution in [0.2, 0.25) is 5.02 Å². The molecule has 31 heavy (non-hydrogen) atoms. The van der Waals surface area contributed by atoms with E-state index in [0.29, 0.717) is 0 Å². The minimum absolute atomic E-state index is 0.00796. The molecule has 0 aliphatic heterocycles. The number of hydrogen-bond acceptors (Lipinski definition) is 7. The highest BCUT2D eigenvalue weighted by Crippen LogP contribution is 2.33. The van der Waals surface area contributed by atoms with Crippen LogP contribution in [0.4, 0.5) is 8.78 Å². The van der Waals surface area contributed by atoms with Gasteiger partial charge in [0, 0.05) is 7.05 Å². The number of benzene rings is 2. The molecule has 0 saturated heterocycles. The molecule has 0 unspecified atom stereocenters. The summed E-state index contributed by atoms with van der Waals surface area (Å²) in [4.78, 5) is 24.1. The number of para-hydroxylation sites is 2. The van der Waals surface area contributed by atoms with Crippen LogP contribution in [0.15, 0.2) is 60.0 Å². The molecular formula is C20H15ClF2N4O4. The van der Waals surface area contributed by atoms with Gasteiger partial charge in [-0.2, -0.15) is 14.4 Å². The second-order valence-electron chi connectivity index (χ2n) is 5.69. The Bertz CT molecular complexity index is 1110. The van der Waals surface area contributed by atoms with Crippen molar-refractivity contribution in [2.45, 2.75) is 0 Å². The molecular weight excluding hydrogens is 434 g/mol. The number of rotatable bonds is 8. The first-order valence-corrected chi connectivity index (χ1v) is 9.11. The van der Waals surface area contributed by atoms with Crippen molar-refractivity contribution in [3.8, 4) is 23.3 Å². The van der Waals surface area contributed by atoms with Crippen molar-refractivity contribution < 1.29 is 27.9 Å². The lowest BCUT2D eigenvalue weighted by Crippen LogP contribution is -2.29. The smallest absolute Gasteiger partial charge is 0.273 e. The number of aromatic nitrogens is 2. The molecule has 8 nitrogen and oxygen atoms in total. The van der Waals surface area contributed by atoms with E-state index in [9.17, 15) is 13.6 Å². The summed E-state index contributed by atoms with van der Waals surface area (Å²) in [6.45, 7) is -1.24. The molecule has 3 aromatic rings. The standard InChI is InChI=1S/C20H15ClF2N4O4/c1-24-18(28)17(27-29-10-22)12-6-2-4-8-14(12)30-19-16(23)20(26-11-25-19)31-15-9-5-3-7-13(15)21/h2-9,11H,10H2,1H3,(H,24,28)/b27-17-. The van der Waals surface area contributed by atoms with Gasteiger partial charge in [-0.05, 0) is 24.3 Å². The summed E-state index contributed by atoms with van der Waals surface area (Å²) in [7, 11) is 1.36. The largest absolute Gasteiger partial charge is 0.436 e. The van der Waals surface area contributed by atoms with Crippen molar-refractivity contribution in [2.75, 3.05) is 13.9 Å². The Morgan fingerprint density at radius 2 is 1.68 bits per heavy atom. The van der Waals surface area contributed by atoms with Gasteiger partial charge in [0.2, 0.25) is 5.82 Å². The minimum atomic E-state index is -1.24. The van der Waals surface area contributed by atoms with E-state index in [4.69, 9.17) is 21.1 Å². The van der Waals surface area contributed by atoms with Crippen LogP contribution in [0.5, 0.6) is 23.3 Å². The predicted octanol–water partition coefficient (Wildman–Crippen LogP) is 4.25. The third kappa shape index (κ3) is 5.23. The van der Waals surface area contributed by atoms with Crippen LogP contribution < -0.4 is 14.8 Å². The van der Waals surface area contributed by atoms with Crippen molar-refractivity contribution in [1.82, 2.24) is 15.3 Å². The number of halogens is 3. The molecule has 2 aromatic carbocycles. The van der Waals surface area contributed by atoms with Crippen LogP contribution in [0.1, 0.15) is 5.56 Å². The Hall–Kier alpha value is -3.79. The molecule has 1 heterocycles. The van der Waals surface area contributed by atoms with Crippen LogP contribution >= 0.6 is 11.6 Å². The maximum atomic E-state index is 14.9. The van der Waals surface area contributed by atoms with Gasteiger partial charge in [-0.3, -0.25) is 4.79 Å². The lowest BCUT2D eigenvalue weighted by Gasteiger charge is -2.13. The molecule has 160 valence electrons. The van der Waals surface area contributed by atoms with E-state index in [2.05, 4.69) is 25.3 Å². The molecule has 0 spiro atoms. The Kier molecular flexibility index (Phi) is 7.28. The fourth-order valence-corrected chi connectivity index (χ4v) is 2.56. The van der Waals surface area contributed by atoms with Crippen molar-refractivity contribution in [3.63, 3.8) is 0 Å². The first-order valence-electron chi connectivity index (χ1n) is 8.73. The lowest BCUT2D eigenvalue weighted by molar-refractivity contribution is -0.114. The second-order valence-corrected chi connectivity index (χ2v) is 6.09. The fourth-order valence-electron chi connectivity index (χ4n) is 2.39. The summed E-state index contributed by atoms with van der Waals surface area (Å²) in [6.07, 6.45) is 1.03. The molecule has 0 aliphatic carbocycles. The van der Waals surface area contributed by atoms with Crippen LogP contribution in [-0.2, 0) is 9.63 Å². The van der Waals surface area contributed by atoms with E-state index in [1.54, 1.807) is 30.3 Å². The third-order valence-electron chi connectivity index (χ3n) is 3.76. The average molecular weight is 449 g/mol. The van der Waals surface area contributed by atoms with Gasteiger partial charge in [-0.25, -0.2) is 4.39 Å². The predicted molar refractivity (Wildman–Crippen MR) is 108 cm³/mol. The summed E-state index contributed by atoms with van der Waals surface area (Å²) in [5.41, 5.74) is -0.167. The number of carbonyl (C=O) groups is 1. The first-order chi connectivity index (χ1) is 15.0. The van der Waals surface area contributed by atoms with Crippen molar-refractivity contribution in [3.05, 3.63) is 71.3 Å². The Morgan fingerprint density at radius 3 is 2.32 bits per heavy atom. The zero-order chi connectivity index (χ0) is 22.2. The fraction of sp³-hybridized carbons (Fsp3) is 0.100. The van der Waals surface area contributed by atoms with Gasteiger partial charge in [-0.15, -0.1) is 0 Å². The number of hydrogen-bond donors (Lipinski definition) is 1. The minimum Gasteiger partial charge on any atom is -0.436 e. The Morgan fingerprint density at radius 1 is 1.06 bits per heavy atom. The number of oxime groups is 1. The molecule has 0 bridgehead atoms. The molecule has 0 saturated carbocycles. The van der Waals surface area contributed by atoms with Crippen molar-refractivity contribution in [1.29, 1.82) is 0 Å². The monoisotopic (exact) mass is 448 g/mol. The average Bonchev–Trinajstić information content (AvgIpc) is 2.79. The number of amides is 1. The third-order valence-corrected chi connectivity index (χ3v) is 4.08.